The first-order valence-corrected chi connectivity index (χ1v) is 6.19. The zero-order valence-electron chi connectivity index (χ0n) is 7.71. The van der Waals surface area contributed by atoms with Crippen LogP contribution in [0.4, 0.5) is 5.69 Å². The Bertz CT molecular complexity index is 445. The van der Waals surface area contributed by atoms with Crippen molar-refractivity contribution in [2.24, 2.45) is 0 Å². The molecule has 1 heterocycles. The molecule has 0 atom stereocenters. The molecule has 0 saturated heterocycles. The molecule has 0 radical (unpaired) electrons. The van der Waals surface area contributed by atoms with E-state index in [1.807, 2.05) is 12.1 Å². The van der Waals surface area contributed by atoms with Crippen molar-refractivity contribution in [2.45, 2.75) is 6.54 Å². The Morgan fingerprint density at radius 3 is 3.00 bits per heavy atom. The first kappa shape index (κ1) is 10.9. The van der Waals surface area contributed by atoms with E-state index in [1.165, 1.54) is 9.96 Å². The van der Waals surface area contributed by atoms with Crippen molar-refractivity contribution >= 4 is 44.2 Å². The molecule has 0 aliphatic rings. The minimum absolute atomic E-state index is 0.638. The smallest absolute Gasteiger partial charge is 0.180 e. The van der Waals surface area contributed by atoms with Crippen LogP contribution in [0, 0.1) is 3.57 Å². The summed E-state index contributed by atoms with van der Waals surface area (Å²) in [7, 11) is 0. The third-order valence-corrected chi connectivity index (χ3v) is 3.19. The summed E-state index contributed by atoms with van der Waals surface area (Å²) in [6.07, 6.45) is 3.13. The van der Waals surface area contributed by atoms with E-state index in [0.29, 0.717) is 6.54 Å². The van der Waals surface area contributed by atoms with Gasteiger partial charge < -0.3 is 9.73 Å². The van der Waals surface area contributed by atoms with Gasteiger partial charge in [0.2, 0.25) is 0 Å². The summed E-state index contributed by atoms with van der Waals surface area (Å²) in [5, 5.41) is 3.26. The number of nitrogens with zero attached hydrogens (tertiary/aromatic N) is 1. The highest BCUT2D eigenvalue weighted by Gasteiger charge is 2.01. The molecule has 0 bridgehead atoms. The minimum Gasteiger partial charge on any atom is -0.447 e. The molecule has 0 fully saturated rings. The van der Waals surface area contributed by atoms with E-state index < -0.39 is 0 Å². The molecule has 78 valence electrons. The molecule has 1 aromatic heterocycles. The number of anilines is 1. The summed E-state index contributed by atoms with van der Waals surface area (Å²) in [6.45, 7) is 0.638. The number of rotatable bonds is 3. The van der Waals surface area contributed by atoms with Crippen molar-refractivity contribution in [3.05, 3.63) is 44.6 Å². The number of nitrogens with one attached hydrogen (secondary N) is 1. The molecule has 0 aliphatic heterocycles. The standard InChI is InChI=1S/C10H8BrIN2O/c11-9-3-7(12)1-2-10(9)14-5-8-4-13-6-15-8/h1-4,6,14H,5H2. The highest BCUT2D eigenvalue weighted by molar-refractivity contribution is 14.1. The van der Waals surface area contributed by atoms with Crippen LogP contribution in [0.1, 0.15) is 5.76 Å². The predicted octanol–water partition coefficient (Wildman–Crippen LogP) is 3.65. The topological polar surface area (TPSA) is 38.1 Å². The molecule has 1 aromatic carbocycles. The Labute approximate surface area is 110 Å². The molecule has 2 rings (SSSR count). The molecule has 15 heavy (non-hydrogen) atoms. The van der Waals surface area contributed by atoms with E-state index in [9.17, 15) is 0 Å². The molecule has 0 amide bonds. The Hall–Kier alpha value is -0.560. The van der Waals surface area contributed by atoms with Gasteiger partial charge in [-0.25, -0.2) is 4.98 Å². The Balaban J connectivity index is 2.05. The van der Waals surface area contributed by atoms with Crippen molar-refractivity contribution in [1.29, 1.82) is 0 Å². The van der Waals surface area contributed by atoms with Gasteiger partial charge in [0, 0.05) is 13.7 Å². The number of hydrogen-bond donors (Lipinski definition) is 1. The number of aromatic nitrogens is 1. The molecule has 1 N–H and O–H groups in total. The molecular weight excluding hydrogens is 371 g/mol. The fraction of sp³-hybridized carbons (Fsp3) is 0.100. The van der Waals surface area contributed by atoms with Crippen molar-refractivity contribution in [1.82, 2.24) is 4.98 Å². The second-order valence-electron chi connectivity index (χ2n) is 2.95. The van der Waals surface area contributed by atoms with E-state index >= 15 is 0 Å². The van der Waals surface area contributed by atoms with Gasteiger partial charge in [0.15, 0.2) is 6.39 Å². The lowest BCUT2D eigenvalue weighted by atomic mass is 10.3. The summed E-state index contributed by atoms with van der Waals surface area (Å²) in [5.41, 5.74) is 1.05. The van der Waals surface area contributed by atoms with Crippen LogP contribution in [-0.4, -0.2) is 4.98 Å². The van der Waals surface area contributed by atoms with Crippen molar-refractivity contribution < 1.29 is 4.42 Å². The van der Waals surface area contributed by atoms with Crippen LogP contribution >= 0.6 is 38.5 Å². The van der Waals surface area contributed by atoms with Gasteiger partial charge in [-0.05, 0) is 56.7 Å². The first-order valence-electron chi connectivity index (χ1n) is 4.32. The lowest BCUT2D eigenvalue weighted by Gasteiger charge is -2.06. The molecule has 0 saturated carbocycles. The van der Waals surface area contributed by atoms with Gasteiger partial charge in [0.05, 0.1) is 12.7 Å². The fourth-order valence-electron chi connectivity index (χ4n) is 1.14. The van der Waals surface area contributed by atoms with Crippen LogP contribution in [0.3, 0.4) is 0 Å². The van der Waals surface area contributed by atoms with Crippen LogP contribution in [0.2, 0.25) is 0 Å². The normalized spacial score (nSPS) is 10.3. The number of oxazole rings is 1. The molecule has 0 spiro atoms. The monoisotopic (exact) mass is 378 g/mol. The molecule has 0 unspecified atom stereocenters. The van der Waals surface area contributed by atoms with Gasteiger partial charge in [0.1, 0.15) is 5.76 Å². The molecule has 0 aliphatic carbocycles. The third-order valence-electron chi connectivity index (χ3n) is 1.87. The van der Waals surface area contributed by atoms with E-state index in [0.717, 1.165) is 15.9 Å². The Morgan fingerprint density at radius 1 is 1.47 bits per heavy atom. The summed E-state index contributed by atoms with van der Waals surface area (Å²) in [5.74, 6) is 0.820. The van der Waals surface area contributed by atoms with E-state index in [-0.39, 0.29) is 0 Å². The minimum atomic E-state index is 0.638. The molecular formula is C10H8BrIN2O. The number of hydrogen-bond acceptors (Lipinski definition) is 3. The maximum absolute atomic E-state index is 5.13. The van der Waals surface area contributed by atoms with Gasteiger partial charge in [-0.2, -0.15) is 0 Å². The largest absolute Gasteiger partial charge is 0.447 e. The summed E-state index contributed by atoms with van der Waals surface area (Å²) in [4.78, 5) is 3.85. The Kier molecular flexibility index (Phi) is 3.63. The lowest BCUT2D eigenvalue weighted by Crippen LogP contribution is -1.98. The Morgan fingerprint density at radius 2 is 2.33 bits per heavy atom. The van der Waals surface area contributed by atoms with E-state index in [2.05, 4.69) is 54.9 Å². The maximum atomic E-state index is 5.13. The molecule has 5 heteroatoms. The predicted molar refractivity (Wildman–Crippen MR) is 70.7 cm³/mol. The van der Waals surface area contributed by atoms with E-state index in [1.54, 1.807) is 6.20 Å². The zero-order chi connectivity index (χ0) is 10.7. The fourth-order valence-corrected chi connectivity index (χ4v) is 2.58. The van der Waals surface area contributed by atoms with Crippen molar-refractivity contribution in [2.75, 3.05) is 5.32 Å². The SMILES string of the molecule is Brc1cc(I)ccc1NCc1cnco1. The second-order valence-corrected chi connectivity index (χ2v) is 5.05. The van der Waals surface area contributed by atoms with Crippen LogP contribution in [0.25, 0.3) is 0 Å². The van der Waals surface area contributed by atoms with Gasteiger partial charge in [-0.3, -0.25) is 0 Å². The van der Waals surface area contributed by atoms with Crippen LogP contribution in [0.5, 0.6) is 0 Å². The molecule has 2 aromatic rings. The second kappa shape index (κ2) is 4.98. The summed E-state index contributed by atoms with van der Waals surface area (Å²) in [6, 6.07) is 6.14. The first-order chi connectivity index (χ1) is 7.25. The average molecular weight is 379 g/mol. The zero-order valence-corrected chi connectivity index (χ0v) is 11.4. The molecule has 3 nitrogen and oxygen atoms in total. The lowest BCUT2D eigenvalue weighted by molar-refractivity contribution is 0.511. The number of halogens is 2. The summed E-state index contributed by atoms with van der Waals surface area (Å²) >= 11 is 5.77. The maximum Gasteiger partial charge on any atom is 0.180 e. The summed E-state index contributed by atoms with van der Waals surface area (Å²) < 4.78 is 7.38. The highest BCUT2D eigenvalue weighted by Crippen LogP contribution is 2.24. The van der Waals surface area contributed by atoms with Crippen LogP contribution in [0.15, 0.2) is 39.7 Å². The van der Waals surface area contributed by atoms with Gasteiger partial charge in [0.25, 0.3) is 0 Å². The average Bonchev–Trinajstić information content (AvgIpc) is 2.69. The van der Waals surface area contributed by atoms with Crippen LogP contribution in [-0.2, 0) is 6.54 Å². The van der Waals surface area contributed by atoms with Gasteiger partial charge in [-0.1, -0.05) is 0 Å². The third kappa shape index (κ3) is 2.94. The van der Waals surface area contributed by atoms with Gasteiger partial charge in [-0.15, -0.1) is 0 Å². The van der Waals surface area contributed by atoms with Crippen molar-refractivity contribution in [3.63, 3.8) is 0 Å². The van der Waals surface area contributed by atoms with E-state index in [4.69, 9.17) is 4.42 Å². The highest BCUT2D eigenvalue weighted by atomic mass is 127. The number of benzene rings is 1. The van der Waals surface area contributed by atoms with Crippen LogP contribution < -0.4 is 5.32 Å². The van der Waals surface area contributed by atoms with Gasteiger partial charge >= 0.3 is 0 Å². The van der Waals surface area contributed by atoms with Crippen molar-refractivity contribution in [3.8, 4) is 0 Å². The quantitative estimate of drug-likeness (QED) is 0.828.